The maximum absolute atomic E-state index is 5.88. The average molecular weight is 263 g/mol. The molecule has 0 unspecified atom stereocenters. The van der Waals surface area contributed by atoms with Crippen molar-refractivity contribution in [2.24, 2.45) is 10.7 Å². The summed E-state index contributed by atoms with van der Waals surface area (Å²) in [5.41, 5.74) is 5.88. The van der Waals surface area contributed by atoms with E-state index in [2.05, 4.69) is 20.4 Å². The summed E-state index contributed by atoms with van der Waals surface area (Å²) in [6, 6.07) is 0.477. The van der Waals surface area contributed by atoms with E-state index in [-0.39, 0.29) is 0 Å². The van der Waals surface area contributed by atoms with E-state index in [1.54, 1.807) is 0 Å². The van der Waals surface area contributed by atoms with Crippen LogP contribution >= 0.6 is 0 Å². The van der Waals surface area contributed by atoms with E-state index in [1.807, 2.05) is 0 Å². The van der Waals surface area contributed by atoms with Gasteiger partial charge in [0.05, 0.1) is 0 Å². The quantitative estimate of drug-likeness (QED) is 0.637. The molecular formula is C13H21N5O. The second-order valence-corrected chi connectivity index (χ2v) is 5.50. The molecule has 104 valence electrons. The van der Waals surface area contributed by atoms with Crippen LogP contribution in [0.4, 0.5) is 0 Å². The number of hydrogen-bond donors (Lipinski definition) is 2. The zero-order valence-corrected chi connectivity index (χ0v) is 11.1. The van der Waals surface area contributed by atoms with Crippen molar-refractivity contribution >= 4 is 5.96 Å². The van der Waals surface area contributed by atoms with Gasteiger partial charge in [-0.1, -0.05) is 24.4 Å². The summed E-state index contributed by atoms with van der Waals surface area (Å²) in [5, 5.41) is 7.19. The van der Waals surface area contributed by atoms with Gasteiger partial charge in [0.25, 0.3) is 0 Å². The Kier molecular flexibility index (Phi) is 3.66. The van der Waals surface area contributed by atoms with Gasteiger partial charge in [-0.3, -0.25) is 0 Å². The van der Waals surface area contributed by atoms with Crippen molar-refractivity contribution in [3.8, 4) is 0 Å². The highest BCUT2D eigenvalue weighted by molar-refractivity contribution is 5.78. The molecule has 1 aromatic heterocycles. The highest BCUT2D eigenvalue weighted by Gasteiger charge is 2.29. The molecule has 0 spiro atoms. The van der Waals surface area contributed by atoms with Gasteiger partial charge < -0.3 is 15.6 Å². The Labute approximate surface area is 112 Å². The van der Waals surface area contributed by atoms with Gasteiger partial charge in [0, 0.05) is 12.0 Å². The maximum Gasteiger partial charge on any atom is 0.229 e. The standard InChI is InChI=1S/C13H21N5O/c14-13(16-10-4-2-1-3-5-10)15-8-11-17-12(19-18-11)9-6-7-9/h9-10H,1-8H2,(H3,14,15,16). The summed E-state index contributed by atoms with van der Waals surface area (Å²) in [6.45, 7) is 0.391. The Morgan fingerprint density at radius 3 is 2.79 bits per heavy atom. The summed E-state index contributed by atoms with van der Waals surface area (Å²) in [4.78, 5) is 8.60. The third kappa shape index (κ3) is 3.45. The third-order valence-corrected chi connectivity index (χ3v) is 3.76. The lowest BCUT2D eigenvalue weighted by molar-refractivity contribution is 0.374. The lowest BCUT2D eigenvalue weighted by Crippen LogP contribution is -2.41. The number of guanidine groups is 1. The minimum atomic E-state index is 0.391. The summed E-state index contributed by atoms with van der Waals surface area (Å²) in [5.74, 6) is 2.35. The van der Waals surface area contributed by atoms with E-state index < -0.39 is 0 Å². The highest BCUT2D eigenvalue weighted by atomic mass is 16.5. The van der Waals surface area contributed by atoms with Crippen LogP contribution in [0.1, 0.15) is 62.6 Å². The monoisotopic (exact) mass is 263 g/mol. The van der Waals surface area contributed by atoms with Gasteiger partial charge in [-0.15, -0.1) is 0 Å². The molecule has 6 nitrogen and oxygen atoms in total. The fourth-order valence-corrected chi connectivity index (χ4v) is 2.49. The number of nitrogens with one attached hydrogen (secondary N) is 1. The van der Waals surface area contributed by atoms with Crippen molar-refractivity contribution in [2.75, 3.05) is 0 Å². The molecule has 3 rings (SSSR count). The molecule has 1 heterocycles. The van der Waals surface area contributed by atoms with Crippen LogP contribution in [0.3, 0.4) is 0 Å². The Balaban J connectivity index is 1.49. The second kappa shape index (κ2) is 5.59. The van der Waals surface area contributed by atoms with E-state index >= 15 is 0 Å². The first-order valence-electron chi connectivity index (χ1n) is 7.20. The number of aliphatic imine (C=N–C) groups is 1. The van der Waals surface area contributed by atoms with Gasteiger partial charge in [0.1, 0.15) is 6.54 Å². The zero-order chi connectivity index (χ0) is 13.1. The van der Waals surface area contributed by atoms with Crippen LogP contribution in [0.2, 0.25) is 0 Å². The van der Waals surface area contributed by atoms with Crippen LogP contribution in [0, 0.1) is 0 Å². The Morgan fingerprint density at radius 2 is 2.05 bits per heavy atom. The number of nitrogens with zero attached hydrogens (tertiary/aromatic N) is 3. The first-order valence-corrected chi connectivity index (χ1v) is 7.20. The van der Waals surface area contributed by atoms with Gasteiger partial charge in [0.2, 0.25) is 5.89 Å². The lowest BCUT2D eigenvalue weighted by atomic mass is 9.96. The van der Waals surface area contributed by atoms with Crippen molar-refractivity contribution < 1.29 is 4.52 Å². The lowest BCUT2D eigenvalue weighted by Gasteiger charge is -2.23. The van der Waals surface area contributed by atoms with Crippen LogP contribution in [0.5, 0.6) is 0 Å². The fourth-order valence-electron chi connectivity index (χ4n) is 2.49. The molecule has 2 aliphatic carbocycles. The van der Waals surface area contributed by atoms with Crippen molar-refractivity contribution in [1.82, 2.24) is 15.5 Å². The molecular weight excluding hydrogens is 242 g/mol. The summed E-state index contributed by atoms with van der Waals surface area (Å²) >= 11 is 0. The minimum absolute atomic E-state index is 0.391. The van der Waals surface area contributed by atoms with E-state index in [9.17, 15) is 0 Å². The van der Waals surface area contributed by atoms with E-state index in [4.69, 9.17) is 10.3 Å². The number of rotatable bonds is 4. The zero-order valence-electron chi connectivity index (χ0n) is 11.1. The van der Waals surface area contributed by atoms with Crippen molar-refractivity contribution in [3.63, 3.8) is 0 Å². The Morgan fingerprint density at radius 1 is 1.26 bits per heavy atom. The largest absolute Gasteiger partial charge is 0.370 e. The molecule has 6 heteroatoms. The number of nitrogens with two attached hydrogens (primary N) is 1. The molecule has 2 aliphatic rings. The SMILES string of the molecule is NC(=NCc1noc(C2CC2)n1)NC1CCCCC1. The Hall–Kier alpha value is -1.59. The van der Waals surface area contributed by atoms with E-state index in [0.717, 1.165) is 18.7 Å². The molecule has 2 saturated carbocycles. The first-order chi connectivity index (χ1) is 9.31. The molecule has 0 atom stereocenters. The first kappa shape index (κ1) is 12.4. The molecule has 0 aliphatic heterocycles. The topological polar surface area (TPSA) is 89.3 Å². The van der Waals surface area contributed by atoms with Crippen LogP contribution < -0.4 is 11.1 Å². The van der Waals surface area contributed by atoms with Crippen molar-refractivity contribution in [3.05, 3.63) is 11.7 Å². The van der Waals surface area contributed by atoms with Crippen LogP contribution in [0.25, 0.3) is 0 Å². The van der Waals surface area contributed by atoms with Crippen LogP contribution in [-0.2, 0) is 6.54 Å². The minimum Gasteiger partial charge on any atom is -0.370 e. The number of hydrogen-bond acceptors (Lipinski definition) is 4. The summed E-state index contributed by atoms with van der Waals surface area (Å²) < 4.78 is 5.18. The molecule has 3 N–H and O–H groups in total. The summed E-state index contributed by atoms with van der Waals surface area (Å²) in [6.07, 6.45) is 8.59. The summed E-state index contributed by atoms with van der Waals surface area (Å²) in [7, 11) is 0. The molecule has 0 radical (unpaired) electrons. The van der Waals surface area contributed by atoms with Gasteiger partial charge in [-0.2, -0.15) is 4.98 Å². The van der Waals surface area contributed by atoms with Gasteiger partial charge in [-0.25, -0.2) is 4.99 Å². The fraction of sp³-hybridized carbons (Fsp3) is 0.769. The van der Waals surface area contributed by atoms with Gasteiger partial charge >= 0.3 is 0 Å². The molecule has 1 aromatic rings. The molecule has 0 saturated heterocycles. The molecule has 0 aromatic carbocycles. The van der Waals surface area contributed by atoms with Crippen molar-refractivity contribution in [1.29, 1.82) is 0 Å². The van der Waals surface area contributed by atoms with Crippen LogP contribution in [-0.4, -0.2) is 22.1 Å². The normalized spacial score (nSPS) is 21.6. The van der Waals surface area contributed by atoms with E-state index in [0.29, 0.717) is 30.3 Å². The predicted octanol–water partition coefficient (Wildman–Crippen LogP) is 1.68. The molecule has 2 fully saturated rings. The highest BCUT2D eigenvalue weighted by Crippen LogP contribution is 2.38. The Bertz CT molecular complexity index is 446. The van der Waals surface area contributed by atoms with Crippen molar-refractivity contribution in [2.45, 2.75) is 63.5 Å². The van der Waals surface area contributed by atoms with Gasteiger partial charge in [0.15, 0.2) is 11.8 Å². The molecule has 0 bridgehead atoms. The third-order valence-electron chi connectivity index (χ3n) is 3.76. The van der Waals surface area contributed by atoms with Crippen LogP contribution in [0.15, 0.2) is 9.52 Å². The predicted molar refractivity (Wildman–Crippen MR) is 71.6 cm³/mol. The second-order valence-electron chi connectivity index (χ2n) is 5.50. The average Bonchev–Trinajstić information content (AvgIpc) is 3.17. The maximum atomic E-state index is 5.88. The number of aromatic nitrogens is 2. The molecule has 0 amide bonds. The van der Waals surface area contributed by atoms with E-state index in [1.165, 1.54) is 32.1 Å². The van der Waals surface area contributed by atoms with Gasteiger partial charge in [-0.05, 0) is 25.7 Å². The smallest absolute Gasteiger partial charge is 0.229 e. The molecule has 19 heavy (non-hydrogen) atoms.